The van der Waals surface area contributed by atoms with E-state index < -0.39 is 0 Å². The number of anilines is 3. The number of carbonyl (C=O) groups excluding carboxylic acids is 1. The zero-order chi connectivity index (χ0) is 19.2. The van der Waals surface area contributed by atoms with Crippen molar-refractivity contribution in [3.8, 4) is 0 Å². The number of hydrogen-bond donors (Lipinski definition) is 3. The number of aromatic nitrogens is 2. The van der Waals surface area contributed by atoms with Gasteiger partial charge in [0.25, 0.3) is 0 Å². The molecule has 3 heterocycles. The van der Waals surface area contributed by atoms with Crippen molar-refractivity contribution in [1.29, 1.82) is 0 Å². The first-order chi connectivity index (χ1) is 13.8. The van der Waals surface area contributed by atoms with Crippen LogP contribution in [0.2, 0.25) is 0 Å². The molecule has 1 aliphatic carbocycles. The monoisotopic (exact) mass is 380 g/mol. The van der Waals surface area contributed by atoms with Gasteiger partial charge in [0.15, 0.2) is 0 Å². The maximum absolute atomic E-state index is 11.2. The summed E-state index contributed by atoms with van der Waals surface area (Å²) in [7, 11) is 0. The first kappa shape index (κ1) is 18.8. The van der Waals surface area contributed by atoms with Crippen molar-refractivity contribution >= 4 is 23.6 Å². The predicted molar refractivity (Wildman–Crippen MR) is 111 cm³/mol. The van der Waals surface area contributed by atoms with Gasteiger partial charge in [0, 0.05) is 61.8 Å². The second-order valence-corrected chi connectivity index (χ2v) is 7.43. The van der Waals surface area contributed by atoms with E-state index in [-0.39, 0.29) is 6.17 Å². The highest BCUT2D eigenvalue weighted by Crippen LogP contribution is 2.30. The van der Waals surface area contributed by atoms with Crippen molar-refractivity contribution < 1.29 is 4.79 Å². The number of hydrogen-bond acceptors (Lipinski definition) is 7. The van der Waals surface area contributed by atoms with Gasteiger partial charge in [0.1, 0.15) is 24.1 Å². The van der Waals surface area contributed by atoms with Crippen molar-refractivity contribution in [1.82, 2.24) is 20.6 Å². The lowest BCUT2D eigenvalue weighted by Crippen LogP contribution is -2.56. The van der Waals surface area contributed by atoms with Crippen LogP contribution in [0.15, 0.2) is 36.7 Å². The molecule has 4 rings (SSSR count). The maximum Gasteiger partial charge on any atom is 0.137 e. The second kappa shape index (κ2) is 9.12. The fourth-order valence-corrected chi connectivity index (χ4v) is 4.03. The minimum atomic E-state index is 0.0624. The van der Waals surface area contributed by atoms with Crippen LogP contribution in [-0.2, 0) is 11.2 Å². The zero-order valence-corrected chi connectivity index (χ0v) is 16.1. The Labute approximate surface area is 166 Å². The summed E-state index contributed by atoms with van der Waals surface area (Å²) in [4.78, 5) is 22.6. The summed E-state index contributed by atoms with van der Waals surface area (Å²) < 4.78 is 0. The Kier molecular flexibility index (Phi) is 6.14. The summed E-state index contributed by atoms with van der Waals surface area (Å²) in [5.41, 5.74) is 1.95. The topological polar surface area (TPSA) is 82.2 Å². The SMILES string of the molecule is O=CCc1cnc(N(c2ccccn2)C2CNCCN2)cc1NC1CCCC1. The Morgan fingerprint density at radius 3 is 2.79 bits per heavy atom. The quantitative estimate of drug-likeness (QED) is 0.636. The lowest BCUT2D eigenvalue weighted by Gasteiger charge is -2.35. The lowest BCUT2D eigenvalue weighted by atomic mass is 10.1. The molecule has 1 atom stereocenters. The number of nitrogens with one attached hydrogen (secondary N) is 3. The van der Waals surface area contributed by atoms with Gasteiger partial charge in [-0.25, -0.2) is 9.97 Å². The van der Waals surface area contributed by atoms with Crippen LogP contribution >= 0.6 is 0 Å². The van der Waals surface area contributed by atoms with Crippen LogP contribution in [0.25, 0.3) is 0 Å². The predicted octanol–water partition coefficient (Wildman–Crippen LogP) is 2.23. The molecule has 3 N–H and O–H groups in total. The third kappa shape index (κ3) is 4.31. The molecule has 0 bridgehead atoms. The Morgan fingerprint density at radius 1 is 1.18 bits per heavy atom. The summed E-state index contributed by atoms with van der Waals surface area (Å²) in [6.45, 7) is 2.65. The average molecular weight is 380 g/mol. The number of piperazine rings is 1. The van der Waals surface area contributed by atoms with Crippen molar-refractivity contribution in [2.75, 3.05) is 29.9 Å². The number of aldehydes is 1. The number of carbonyl (C=O) groups is 1. The van der Waals surface area contributed by atoms with Crippen molar-refractivity contribution in [3.05, 3.63) is 42.2 Å². The molecule has 7 heteroatoms. The van der Waals surface area contributed by atoms with E-state index in [9.17, 15) is 4.79 Å². The van der Waals surface area contributed by atoms with E-state index in [1.807, 2.05) is 24.4 Å². The van der Waals surface area contributed by atoms with Gasteiger partial charge in [-0.3, -0.25) is 10.2 Å². The van der Waals surface area contributed by atoms with E-state index in [0.717, 1.165) is 48.8 Å². The summed E-state index contributed by atoms with van der Waals surface area (Å²) >= 11 is 0. The molecular weight excluding hydrogens is 352 g/mol. The van der Waals surface area contributed by atoms with E-state index in [4.69, 9.17) is 4.98 Å². The first-order valence-corrected chi connectivity index (χ1v) is 10.2. The normalized spacial score (nSPS) is 20.1. The fourth-order valence-electron chi connectivity index (χ4n) is 4.03. The molecule has 1 aliphatic heterocycles. The minimum Gasteiger partial charge on any atom is -0.382 e. The van der Waals surface area contributed by atoms with Gasteiger partial charge in [-0.2, -0.15) is 0 Å². The summed E-state index contributed by atoms with van der Waals surface area (Å²) in [5, 5.41) is 10.7. The Balaban J connectivity index is 1.69. The van der Waals surface area contributed by atoms with Gasteiger partial charge in [0.05, 0.1) is 0 Å². The van der Waals surface area contributed by atoms with Crippen LogP contribution < -0.4 is 20.9 Å². The molecule has 1 unspecified atom stereocenters. The van der Waals surface area contributed by atoms with Crippen LogP contribution in [0.1, 0.15) is 31.2 Å². The van der Waals surface area contributed by atoms with E-state index in [1.165, 1.54) is 25.7 Å². The molecule has 1 saturated heterocycles. The van der Waals surface area contributed by atoms with Gasteiger partial charge in [-0.1, -0.05) is 18.9 Å². The smallest absolute Gasteiger partial charge is 0.137 e. The Bertz CT molecular complexity index is 772. The number of rotatable bonds is 7. The molecule has 0 aromatic carbocycles. The van der Waals surface area contributed by atoms with E-state index in [0.29, 0.717) is 12.5 Å². The number of nitrogens with zero attached hydrogens (tertiary/aromatic N) is 3. The highest BCUT2D eigenvalue weighted by atomic mass is 16.1. The van der Waals surface area contributed by atoms with E-state index in [2.05, 4.69) is 31.9 Å². The van der Waals surface area contributed by atoms with Crippen LogP contribution in [0, 0.1) is 0 Å². The fraction of sp³-hybridized carbons (Fsp3) is 0.476. The summed E-state index contributed by atoms with van der Waals surface area (Å²) in [5.74, 6) is 1.68. The Hall–Kier alpha value is -2.51. The molecule has 1 saturated carbocycles. The minimum absolute atomic E-state index is 0.0624. The molecule has 0 spiro atoms. The van der Waals surface area contributed by atoms with Crippen LogP contribution in [0.4, 0.5) is 17.3 Å². The van der Waals surface area contributed by atoms with Crippen LogP contribution in [-0.4, -0.2) is 48.1 Å². The van der Waals surface area contributed by atoms with Crippen molar-refractivity contribution in [2.24, 2.45) is 0 Å². The molecule has 7 nitrogen and oxygen atoms in total. The van der Waals surface area contributed by atoms with Crippen LogP contribution in [0.3, 0.4) is 0 Å². The molecule has 2 aliphatic rings. The van der Waals surface area contributed by atoms with E-state index >= 15 is 0 Å². The zero-order valence-electron chi connectivity index (χ0n) is 16.1. The maximum atomic E-state index is 11.2. The second-order valence-electron chi connectivity index (χ2n) is 7.43. The molecule has 0 radical (unpaired) electrons. The molecule has 2 aromatic rings. The highest BCUT2D eigenvalue weighted by Gasteiger charge is 2.25. The highest BCUT2D eigenvalue weighted by molar-refractivity contribution is 5.68. The molecule has 2 aromatic heterocycles. The van der Waals surface area contributed by atoms with E-state index in [1.54, 1.807) is 6.20 Å². The largest absolute Gasteiger partial charge is 0.382 e. The van der Waals surface area contributed by atoms with Gasteiger partial charge < -0.3 is 15.4 Å². The van der Waals surface area contributed by atoms with Gasteiger partial charge in [-0.15, -0.1) is 0 Å². The van der Waals surface area contributed by atoms with Gasteiger partial charge in [0.2, 0.25) is 0 Å². The third-order valence-electron chi connectivity index (χ3n) is 5.46. The average Bonchev–Trinajstić information content (AvgIpc) is 3.25. The molecular formula is C21H28N6O. The van der Waals surface area contributed by atoms with Crippen molar-refractivity contribution in [2.45, 2.75) is 44.3 Å². The molecule has 2 fully saturated rings. The lowest BCUT2D eigenvalue weighted by molar-refractivity contribution is -0.107. The Morgan fingerprint density at radius 2 is 2.07 bits per heavy atom. The van der Waals surface area contributed by atoms with Gasteiger partial charge >= 0.3 is 0 Å². The van der Waals surface area contributed by atoms with Crippen molar-refractivity contribution in [3.63, 3.8) is 0 Å². The summed E-state index contributed by atoms with van der Waals surface area (Å²) in [6.07, 6.45) is 9.88. The number of pyridine rings is 2. The first-order valence-electron chi connectivity index (χ1n) is 10.2. The van der Waals surface area contributed by atoms with Crippen LogP contribution in [0.5, 0.6) is 0 Å². The third-order valence-corrected chi connectivity index (χ3v) is 5.46. The summed E-state index contributed by atoms with van der Waals surface area (Å²) in [6, 6.07) is 8.45. The molecule has 28 heavy (non-hydrogen) atoms. The van der Waals surface area contributed by atoms with Gasteiger partial charge in [-0.05, 0) is 25.0 Å². The molecule has 148 valence electrons. The standard InChI is InChI=1S/C21H28N6O/c28-12-8-16-14-25-20(13-18(16)26-17-5-1-2-6-17)27(19-7-3-4-9-23-19)21-15-22-10-11-24-21/h3-4,7,9,12-14,17,21-22,24H,1-2,5-6,8,10-11,15H2,(H,25,26). The molecule has 0 amide bonds.